The van der Waals surface area contributed by atoms with Crippen LogP contribution in [0.3, 0.4) is 0 Å². The van der Waals surface area contributed by atoms with Gasteiger partial charge in [0.2, 0.25) is 0 Å². The van der Waals surface area contributed by atoms with E-state index in [0.717, 1.165) is 24.9 Å². The second-order valence-electron chi connectivity index (χ2n) is 5.99. The van der Waals surface area contributed by atoms with Gasteiger partial charge in [-0.15, -0.1) is 12.4 Å². The van der Waals surface area contributed by atoms with Gasteiger partial charge < -0.3 is 15.4 Å². The number of likely N-dealkylation sites (tertiary alicyclic amines) is 1. The molecule has 1 aliphatic heterocycles. The van der Waals surface area contributed by atoms with Gasteiger partial charge in [0.15, 0.2) is 0 Å². The van der Waals surface area contributed by atoms with E-state index in [1.54, 1.807) is 0 Å². The molecule has 3 unspecified atom stereocenters. The lowest BCUT2D eigenvalue weighted by atomic mass is 9.92. The maximum absolute atomic E-state index is 12.5. The van der Waals surface area contributed by atoms with Gasteiger partial charge in [-0.05, 0) is 31.2 Å². The molecule has 4 nitrogen and oxygen atoms in total. The molecule has 1 aromatic rings. The Bertz CT molecular complexity index is 455. The lowest BCUT2D eigenvalue weighted by Gasteiger charge is -2.39. The van der Waals surface area contributed by atoms with Gasteiger partial charge in [-0.1, -0.05) is 37.3 Å². The van der Waals surface area contributed by atoms with Gasteiger partial charge in [0.05, 0.1) is 6.61 Å². The highest BCUT2D eigenvalue weighted by Gasteiger charge is 2.31. The third kappa shape index (κ3) is 4.97. The first-order valence-electron chi connectivity index (χ1n) is 7.78. The summed E-state index contributed by atoms with van der Waals surface area (Å²) in [5.74, 6) is 0.705. The van der Waals surface area contributed by atoms with Crippen molar-refractivity contribution >= 4 is 18.3 Å². The van der Waals surface area contributed by atoms with Crippen LogP contribution in [0.4, 0.5) is 0 Å². The van der Waals surface area contributed by atoms with Crippen LogP contribution in [0.1, 0.15) is 32.3 Å². The number of piperidine rings is 1. The molecule has 1 aliphatic rings. The topological polar surface area (TPSA) is 55.6 Å². The van der Waals surface area contributed by atoms with Gasteiger partial charge in [0.25, 0.3) is 5.91 Å². The van der Waals surface area contributed by atoms with Gasteiger partial charge >= 0.3 is 0 Å². The Morgan fingerprint density at radius 1 is 1.41 bits per heavy atom. The number of rotatable bonds is 5. The zero-order valence-electron chi connectivity index (χ0n) is 13.4. The molecule has 2 rings (SSSR count). The molecule has 0 spiro atoms. The molecular formula is C17H27ClN2O2. The first-order valence-corrected chi connectivity index (χ1v) is 7.78. The highest BCUT2D eigenvalue weighted by atomic mass is 35.5. The third-order valence-electron chi connectivity index (χ3n) is 4.22. The molecule has 3 atom stereocenters. The lowest BCUT2D eigenvalue weighted by Crippen LogP contribution is -2.52. The number of carbonyl (C=O) groups is 1. The molecule has 124 valence electrons. The summed E-state index contributed by atoms with van der Waals surface area (Å²) >= 11 is 0. The molecule has 2 N–H and O–H groups in total. The fraction of sp³-hybridized carbons (Fsp3) is 0.588. The number of nitrogens with two attached hydrogens (primary N) is 1. The zero-order chi connectivity index (χ0) is 15.2. The van der Waals surface area contributed by atoms with E-state index < -0.39 is 6.10 Å². The van der Waals surface area contributed by atoms with E-state index in [-0.39, 0.29) is 24.4 Å². The van der Waals surface area contributed by atoms with Crippen LogP contribution in [0.15, 0.2) is 30.3 Å². The van der Waals surface area contributed by atoms with Crippen LogP contribution in [0.2, 0.25) is 0 Å². The Morgan fingerprint density at radius 3 is 2.73 bits per heavy atom. The number of carbonyl (C=O) groups excluding carboxylic acids is 1. The normalized spacial score (nSPS) is 22.8. The summed E-state index contributed by atoms with van der Waals surface area (Å²) < 4.78 is 5.73. The molecular weight excluding hydrogens is 300 g/mol. The van der Waals surface area contributed by atoms with Gasteiger partial charge in [0.1, 0.15) is 6.10 Å². The molecule has 0 saturated carbocycles. The summed E-state index contributed by atoms with van der Waals surface area (Å²) in [6.45, 7) is 5.84. The molecule has 0 aromatic heterocycles. The summed E-state index contributed by atoms with van der Waals surface area (Å²) in [4.78, 5) is 14.5. The second-order valence-corrected chi connectivity index (χ2v) is 5.99. The molecule has 1 amide bonds. The number of halogens is 1. The Balaban J connectivity index is 0.00000242. The van der Waals surface area contributed by atoms with Crippen molar-refractivity contribution in [3.63, 3.8) is 0 Å². The molecule has 0 bridgehead atoms. The molecule has 5 heteroatoms. The lowest BCUT2D eigenvalue weighted by molar-refractivity contribution is -0.147. The standard InChI is InChI=1S/C17H26N2O2.ClH/c1-13-8-9-19(16(10-13)11-18)17(20)14(2)21-12-15-6-4-3-5-7-15;/h3-7,13-14,16H,8-12,18H2,1-2H3;1H. The van der Waals surface area contributed by atoms with Gasteiger partial charge in [-0.2, -0.15) is 0 Å². The second kappa shape index (κ2) is 9.13. The number of amides is 1. The number of hydrogen-bond donors (Lipinski definition) is 1. The predicted octanol–water partition coefficient (Wildman–Crippen LogP) is 2.60. The summed E-state index contributed by atoms with van der Waals surface area (Å²) in [5.41, 5.74) is 6.91. The minimum absolute atomic E-state index is 0. The van der Waals surface area contributed by atoms with Crippen LogP contribution >= 0.6 is 12.4 Å². The van der Waals surface area contributed by atoms with Crippen molar-refractivity contribution in [1.29, 1.82) is 0 Å². The number of benzene rings is 1. The average Bonchev–Trinajstić information content (AvgIpc) is 2.52. The van der Waals surface area contributed by atoms with Crippen LogP contribution in [-0.2, 0) is 16.1 Å². The summed E-state index contributed by atoms with van der Waals surface area (Å²) in [6.07, 6.45) is 1.62. The summed E-state index contributed by atoms with van der Waals surface area (Å²) in [5, 5.41) is 0. The van der Waals surface area contributed by atoms with Gasteiger partial charge in [-0.25, -0.2) is 0 Å². The SMILES string of the molecule is CC1CCN(C(=O)C(C)OCc2ccccc2)C(CN)C1.Cl. The minimum Gasteiger partial charge on any atom is -0.364 e. The van der Waals surface area contributed by atoms with Gasteiger partial charge in [-0.3, -0.25) is 4.79 Å². The fourth-order valence-electron chi connectivity index (χ4n) is 2.87. The molecule has 0 radical (unpaired) electrons. The summed E-state index contributed by atoms with van der Waals surface area (Å²) in [6, 6.07) is 10.1. The smallest absolute Gasteiger partial charge is 0.251 e. The van der Waals surface area contributed by atoms with Gasteiger partial charge in [0, 0.05) is 19.1 Å². The van der Waals surface area contributed by atoms with E-state index in [2.05, 4.69) is 6.92 Å². The Kier molecular flexibility index (Phi) is 7.87. The minimum atomic E-state index is -0.423. The first-order chi connectivity index (χ1) is 10.1. The Labute approximate surface area is 139 Å². The number of nitrogens with zero attached hydrogens (tertiary/aromatic N) is 1. The zero-order valence-corrected chi connectivity index (χ0v) is 14.2. The van der Waals surface area contributed by atoms with Crippen LogP contribution in [0.25, 0.3) is 0 Å². The fourth-order valence-corrected chi connectivity index (χ4v) is 2.87. The third-order valence-corrected chi connectivity index (χ3v) is 4.22. The van der Waals surface area contributed by atoms with Crippen LogP contribution in [0, 0.1) is 5.92 Å². The van der Waals surface area contributed by atoms with Crippen molar-refractivity contribution in [2.24, 2.45) is 11.7 Å². The van der Waals surface area contributed by atoms with Crippen molar-refractivity contribution in [3.8, 4) is 0 Å². The van der Waals surface area contributed by atoms with Crippen molar-refractivity contribution in [2.45, 2.75) is 45.4 Å². The molecule has 1 aromatic carbocycles. The van der Waals surface area contributed by atoms with Crippen LogP contribution in [0.5, 0.6) is 0 Å². The first kappa shape index (κ1) is 18.9. The maximum atomic E-state index is 12.5. The predicted molar refractivity (Wildman–Crippen MR) is 90.9 cm³/mol. The van der Waals surface area contributed by atoms with Crippen molar-refractivity contribution in [1.82, 2.24) is 4.90 Å². The average molecular weight is 327 g/mol. The molecule has 22 heavy (non-hydrogen) atoms. The molecule has 0 aliphatic carbocycles. The van der Waals surface area contributed by atoms with E-state index in [1.165, 1.54) is 0 Å². The monoisotopic (exact) mass is 326 g/mol. The molecule has 1 saturated heterocycles. The largest absolute Gasteiger partial charge is 0.364 e. The number of ether oxygens (including phenoxy) is 1. The van der Waals surface area contributed by atoms with Crippen molar-refractivity contribution in [3.05, 3.63) is 35.9 Å². The highest BCUT2D eigenvalue weighted by molar-refractivity contribution is 5.85. The Morgan fingerprint density at radius 2 is 2.09 bits per heavy atom. The molecule has 1 fully saturated rings. The van der Waals surface area contributed by atoms with Crippen molar-refractivity contribution in [2.75, 3.05) is 13.1 Å². The molecule has 1 heterocycles. The number of hydrogen-bond acceptors (Lipinski definition) is 3. The van der Waals surface area contributed by atoms with Crippen molar-refractivity contribution < 1.29 is 9.53 Å². The van der Waals surface area contributed by atoms with E-state index in [0.29, 0.717) is 19.1 Å². The van der Waals surface area contributed by atoms with Crippen LogP contribution < -0.4 is 5.73 Å². The maximum Gasteiger partial charge on any atom is 0.251 e. The van der Waals surface area contributed by atoms with E-state index in [1.807, 2.05) is 42.2 Å². The highest BCUT2D eigenvalue weighted by Crippen LogP contribution is 2.23. The quantitative estimate of drug-likeness (QED) is 0.905. The van der Waals surface area contributed by atoms with E-state index in [4.69, 9.17) is 10.5 Å². The van der Waals surface area contributed by atoms with Crippen LogP contribution in [-0.4, -0.2) is 36.0 Å². The Hall–Kier alpha value is -1.10. The van der Waals surface area contributed by atoms with E-state index in [9.17, 15) is 4.79 Å². The summed E-state index contributed by atoms with van der Waals surface area (Å²) in [7, 11) is 0. The van der Waals surface area contributed by atoms with E-state index >= 15 is 0 Å².